The van der Waals surface area contributed by atoms with Crippen LogP contribution in [0.25, 0.3) is 0 Å². The van der Waals surface area contributed by atoms with Crippen molar-refractivity contribution in [2.75, 3.05) is 5.73 Å². The van der Waals surface area contributed by atoms with Crippen molar-refractivity contribution in [3.8, 4) is 0 Å². The van der Waals surface area contributed by atoms with Crippen LogP contribution in [0.1, 0.15) is 11.3 Å². The second-order valence-electron chi connectivity index (χ2n) is 3.74. The van der Waals surface area contributed by atoms with E-state index in [2.05, 4.69) is 4.98 Å². The molecule has 2 aromatic rings. The lowest BCUT2D eigenvalue weighted by Gasteiger charge is -2.05. The Balaban J connectivity index is 2.27. The van der Waals surface area contributed by atoms with Gasteiger partial charge in [-0.15, -0.1) is 0 Å². The lowest BCUT2D eigenvalue weighted by molar-refractivity contribution is 0.730. The molecule has 0 saturated carbocycles. The van der Waals surface area contributed by atoms with Crippen LogP contribution in [-0.4, -0.2) is 9.55 Å². The Kier molecular flexibility index (Phi) is 2.72. The van der Waals surface area contributed by atoms with E-state index in [9.17, 15) is 4.79 Å². The molecular formula is C12H13N3O. The zero-order valence-corrected chi connectivity index (χ0v) is 9.05. The van der Waals surface area contributed by atoms with Gasteiger partial charge in [-0.1, -0.05) is 12.1 Å². The zero-order valence-electron chi connectivity index (χ0n) is 9.05. The molecule has 0 aliphatic carbocycles. The number of benzene rings is 1. The third-order valence-electron chi connectivity index (χ3n) is 2.35. The van der Waals surface area contributed by atoms with Crippen LogP contribution in [0.4, 0.5) is 5.69 Å². The van der Waals surface area contributed by atoms with Gasteiger partial charge in [-0.3, -0.25) is 9.36 Å². The van der Waals surface area contributed by atoms with Crippen LogP contribution in [-0.2, 0) is 6.54 Å². The number of aromatic nitrogens is 2. The van der Waals surface area contributed by atoms with Crippen LogP contribution in [0.3, 0.4) is 0 Å². The Bertz CT molecular complexity index is 543. The maximum atomic E-state index is 11.6. The smallest absolute Gasteiger partial charge is 0.253 e. The van der Waals surface area contributed by atoms with E-state index in [1.54, 1.807) is 17.8 Å². The Hall–Kier alpha value is -2.10. The summed E-state index contributed by atoms with van der Waals surface area (Å²) in [5.74, 6) is 0. The molecule has 2 rings (SSSR count). The van der Waals surface area contributed by atoms with Gasteiger partial charge in [0.05, 0.1) is 12.9 Å². The van der Waals surface area contributed by atoms with Crippen molar-refractivity contribution < 1.29 is 0 Å². The molecule has 2 N–H and O–H groups in total. The monoisotopic (exact) mass is 215 g/mol. The molecule has 1 aromatic heterocycles. The highest BCUT2D eigenvalue weighted by atomic mass is 16.1. The van der Waals surface area contributed by atoms with E-state index in [0.717, 1.165) is 16.9 Å². The third kappa shape index (κ3) is 2.28. The second-order valence-corrected chi connectivity index (χ2v) is 3.74. The molecular weight excluding hydrogens is 202 g/mol. The van der Waals surface area contributed by atoms with Gasteiger partial charge < -0.3 is 5.73 Å². The van der Waals surface area contributed by atoms with Crippen LogP contribution in [0.2, 0.25) is 0 Å². The van der Waals surface area contributed by atoms with Crippen LogP contribution in [0.15, 0.2) is 41.5 Å². The normalized spacial score (nSPS) is 10.3. The highest BCUT2D eigenvalue weighted by molar-refractivity contribution is 5.39. The van der Waals surface area contributed by atoms with Crippen LogP contribution >= 0.6 is 0 Å². The van der Waals surface area contributed by atoms with E-state index in [1.807, 2.05) is 24.3 Å². The van der Waals surface area contributed by atoms with Crippen molar-refractivity contribution in [1.82, 2.24) is 9.55 Å². The highest BCUT2D eigenvalue weighted by Crippen LogP contribution is 2.06. The summed E-state index contributed by atoms with van der Waals surface area (Å²) in [6, 6.07) is 8.98. The molecule has 4 nitrogen and oxygen atoms in total. The summed E-state index contributed by atoms with van der Waals surface area (Å²) in [6.07, 6.45) is 1.56. The molecule has 0 unspecified atom stereocenters. The standard InChI is InChI=1S/C12H13N3O/c1-9-6-12(16)15(8-14-9)7-10-2-4-11(13)5-3-10/h2-6,8H,7,13H2,1H3. The first-order chi connectivity index (χ1) is 7.65. The molecule has 0 atom stereocenters. The molecule has 0 bridgehead atoms. The summed E-state index contributed by atoms with van der Waals surface area (Å²) >= 11 is 0. The average molecular weight is 215 g/mol. The topological polar surface area (TPSA) is 60.9 Å². The van der Waals surface area contributed by atoms with Crippen molar-refractivity contribution >= 4 is 5.69 Å². The minimum Gasteiger partial charge on any atom is -0.399 e. The van der Waals surface area contributed by atoms with Gasteiger partial charge in [-0.05, 0) is 24.6 Å². The fraction of sp³-hybridized carbons (Fsp3) is 0.167. The summed E-state index contributed by atoms with van der Waals surface area (Å²) < 4.78 is 1.57. The molecule has 16 heavy (non-hydrogen) atoms. The fourth-order valence-corrected chi connectivity index (χ4v) is 1.46. The summed E-state index contributed by atoms with van der Waals surface area (Å²) in [7, 11) is 0. The van der Waals surface area contributed by atoms with E-state index in [-0.39, 0.29) is 5.56 Å². The van der Waals surface area contributed by atoms with Gasteiger partial charge in [0.1, 0.15) is 0 Å². The van der Waals surface area contributed by atoms with Gasteiger partial charge in [-0.2, -0.15) is 0 Å². The Labute approximate surface area is 93.4 Å². The minimum atomic E-state index is -0.0377. The molecule has 0 radical (unpaired) electrons. The predicted molar refractivity (Wildman–Crippen MR) is 63.2 cm³/mol. The molecule has 0 fully saturated rings. The first-order valence-electron chi connectivity index (χ1n) is 5.02. The number of nitrogens with zero attached hydrogens (tertiary/aromatic N) is 2. The summed E-state index contributed by atoms with van der Waals surface area (Å²) in [5, 5.41) is 0. The number of anilines is 1. The second kappa shape index (κ2) is 4.18. The van der Waals surface area contributed by atoms with Crippen molar-refractivity contribution in [2.45, 2.75) is 13.5 Å². The number of nitrogen functional groups attached to an aromatic ring is 1. The van der Waals surface area contributed by atoms with E-state index >= 15 is 0 Å². The number of nitrogens with two attached hydrogens (primary N) is 1. The van der Waals surface area contributed by atoms with Crippen molar-refractivity contribution in [3.63, 3.8) is 0 Å². The Morgan fingerprint density at radius 2 is 2.00 bits per heavy atom. The van der Waals surface area contributed by atoms with Gasteiger partial charge in [0, 0.05) is 17.4 Å². The number of rotatable bonds is 2. The Morgan fingerprint density at radius 1 is 1.31 bits per heavy atom. The fourth-order valence-electron chi connectivity index (χ4n) is 1.46. The van der Waals surface area contributed by atoms with E-state index in [4.69, 9.17) is 5.73 Å². The van der Waals surface area contributed by atoms with Gasteiger partial charge in [-0.25, -0.2) is 4.98 Å². The molecule has 0 aliphatic heterocycles. The molecule has 0 saturated heterocycles. The lowest BCUT2D eigenvalue weighted by atomic mass is 10.2. The highest BCUT2D eigenvalue weighted by Gasteiger charge is 1.98. The van der Waals surface area contributed by atoms with Crippen molar-refractivity contribution in [2.24, 2.45) is 0 Å². The quantitative estimate of drug-likeness (QED) is 0.765. The number of hydrogen-bond donors (Lipinski definition) is 1. The van der Waals surface area contributed by atoms with Crippen molar-refractivity contribution in [1.29, 1.82) is 0 Å². The maximum Gasteiger partial charge on any atom is 0.253 e. The maximum absolute atomic E-state index is 11.6. The van der Waals surface area contributed by atoms with Gasteiger partial charge >= 0.3 is 0 Å². The summed E-state index contributed by atoms with van der Waals surface area (Å²) in [6.45, 7) is 2.32. The van der Waals surface area contributed by atoms with E-state index < -0.39 is 0 Å². The zero-order chi connectivity index (χ0) is 11.5. The molecule has 82 valence electrons. The van der Waals surface area contributed by atoms with E-state index in [0.29, 0.717) is 6.54 Å². The molecule has 0 amide bonds. The molecule has 1 heterocycles. The molecule has 0 aliphatic rings. The van der Waals surface area contributed by atoms with Gasteiger partial charge in [0.15, 0.2) is 0 Å². The molecule has 4 heteroatoms. The largest absolute Gasteiger partial charge is 0.399 e. The number of aryl methyl sites for hydroxylation is 1. The van der Waals surface area contributed by atoms with Gasteiger partial charge in [0.25, 0.3) is 5.56 Å². The van der Waals surface area contributed by atoms with Crippen LogP contribution in [0, 0.1) is 6.92 Å². The lowest BCUT2D eigenvalue weighted by Crippen LogP contribution is -2.20. The summed E-state index contributed by atoms with van der Waals surface area (Å²) in [4.78, 5) is 15.7. The van der Waals surface area contributed by atoms with Crippen molar-refractivity contribution in [3.05, 3.63) is 58.3 Å². The minimum absolute atomic E-state index is 0.0377. The predicted octanol–water partition coefficient (Wildman–Crippen LogP) is 1.18. The average Bonchev–Trinajstić information content (AvgIpc) is 2.25. The molecule has 0 spiro atoms. The Morgan fingerprint density at radius 3 is 2.62 bits per heavy atom. The van der Waals surface area contributed by atoms with E-state index in [1.165, 1.54) is 6.07 Å². The van der Waals surface area contributed by atoms with Crippen LogP contribution < -0.4 is 11.3 Å². The number of hydrogen-bond acceptors (Lipinski definition) is 3. The summed E-state index contributed by atoms with van der Waals surface area (Å²) in [5.41, 5.74) is 8.04. The third-order valence-corrected chi connectivity index (χ3v) is 2.35. The first-order valence-corrected chi connectivity index (χ1v) is 5.02. The van der Waals surface area contributed by atoms with Crippen LogP contribution in [0.5, 0.6) is 0 Å². The SMILES string of the molecule is Cc1cc(=O)n(Cc2ccc(N)cc2)cn1. The molecule has 1 aromatic carbocycles. The first kappa shape index (κ1) is 10.4. The van der Waals surface area contributed by atoms with Gasteiger partial charge in [0.2, 0.25) is 0 Å².